The number of nitrogens with zero attached hydrogens (tertiary/aromatic N) is 1. The van der Waals surface area contributed by atoms with Crippen LogP contribution in [0, 0.1) is 6.92 Å². The van der Waals surface area contributed by atoms with E-state index in [-0.39, 0.29) is 6.10 Å². The Morgan fingerprint density at radius 2 is 1.86 bits per heavy atom. The van der Waals surface area contributed by atoms with Crippen molar-refractivity contribution in [3.8, 4) is 5.75 Å². The maximum atomic E-state index is 6.04. The highest BCUT2D eigenvalue weighted by Crippen LogP contribution is 2.32. The summed E-state index contributed by atoms with van der Waals surface area (Å²) >= 11 is 0. The van der Waals surface area contributed by atoms with Gasteiger partial charge < -0.3 is 15.4 Å². The molecule has 0 bridgehead atoms. The highest BCUT2D eigenvalue weighted by molar-refractivity contribution is 5.70. The second-order valence-electron chi connectivity index (χ2n) is 5.46. The van der Waals surface area contributed by atoms with Gasteiger partial charge in [-0.25, -0.2) is 0 Å². The highest BCUT2D eigenvalue weighted by atomic mass is 16.5. The Balaban J connectivity index is 2.43. The molecule has 0 saturated heterocycles. The Labute approximate surface area is 127 Å². The van der Waals surface area contributed by atoms with E-state index in [1.165, 1.54) is 11.3 Å². The van der Waals surface area contributed by atoms with Crippen molar-refractivity contribution >= 4 is 17.1 Å². The van der Waals surface area contributed by atoms with Crippen LogP contribution in [0.15, 0.2) is 42.5 Å². The van der Waals surface area contributed by atoms with E-state index in [2.05, 4.69) is 43.0 Å². The van der Waals surface area contributed by atoms with Crippen LogP contribution >= 0.6 is 0 Å². The van der Waals surface area contributed by atoms with Gasteiger partial charge in [0.25, 0.3) is 0 Å². The summed E-state index contributed by atoms with van der Waals surface area (Å²) in [7, 11) is 0. The van der Waals surface area contributed by atoms with Crippen LogP contribution in [0.5, 0.6) is 5.75 Å². The van der Waals surface area contributed by atoms with Crippen molar-refractivity contribution in [2.45, 2.75) is 33.8 Å². The van der Waals surface area contributed by atoms with E-state index in [1.807, 2.05) is 32.0 Å². The lowest BCUT2D eigenvalue weighted by atomic mass is 10.1. The zero-order chi connectivity index (χ0) is 15.4. The molecule has 3 heteroatoms. The number of hydrogen-bond donors (Lipinski definition) is 1. The van der Waals surface area contributed by atoms with Gasteiger partial charge in [-0.2, -0.15) is 0 Å². The predicted octanol–water partition coefficient (Wildman–Crippen LogP) is 4.52. The number of ether oxygens (including phenoxy) is 1. The highest BCUT2D eigenvalue weighted by Gasteiger charge is 2.12. The Kier molecular flexibility index (Phi) is 4.73. The fraction of sp³-hybridized carbons (Fsp3) is 0.333. The third-order valence-electron chi connectivity index (χ3n) is 3.32. The maximum Gasteiger partial charge on any atom is 0.123 e. The van der Waals surface area contributed by atoms with E-state index in [1.54, 1.807) is 0 Å². The van der Waals surface area contributed by atoms with Crippen molar-refractivity contribution in [1.29, 1.82) is 0 Å². The minimum atomic E-state index is 0.133. The first kappa shape index (κ1) is 15.2. The Bertz CT molecular complexity index is 608. The fourth-order valence-electron chi connectivity index (χ4n) is 2.46. The number of hydrogen-bond acceptors (Lipinski definition) is 3. The molecule has 2 rings (SSSR count). The van der Waals surface area contributed by atoms with Crippen LogP contribution in [0.25, 0.3) is 0 Å². The number of nitrogens with two attached hydrogens (primary N) is 1. The van der Waals surface area contributed by atoms with Crippen molar-refractivity contribution < 1.29 is 4.74 Å². The summed E-state index contributed by atoms with van der Waals surface area (Å²) < 4.78 is 5.79. The standard InChI is InChI=1S/C18H24N2O/c1-5-20(18-9-7-6-8-14(18)4)16-10-15(19)11-17(12-16)21-13(2)3/h6-13H,5,19H2,1-4H3. The van der Waals surface area contributed by atoms with E-state index in [9.17, 15) is 0 Å². The average Bonchev–Trinajstić information content (AvgIpc) is 2.40. The monoisotopic (exact) mass is 284 g/mol. The quantitative estimate of drug-likeness (QED) is 0.820. The maximum absolute atomic E-state index is 6.04. The first-order valence-electron chi connectivity index (χ1n) is 7.41. The number of benzene rings is 2. The van der Waals surface area contributed by atoms with Crippen molar-refractivity contribution in [3.63, 3.8) is 0 Å². The first-order chi connectivity index (χ1) is 10.0. The molecule has 0 aliphatic heterocycles. The summed E-state index contributed by atoms with van der Waals surface area (Å²) in [6, 6.07) is 14.3. The molecule has 0 aromatic heterocycles. The molecular formula is C18H24N2O. The molecule has 21 heavy (non-hydrogen) atoms. The summed E-state index contributed by atoms with van der Waals surface area (Å²) in [5.74, 6) is 0.812. The zero-order valence-corrected chi connectivity index (χ0v) is 13.3. The molecule has 0 saturated carbocycles. The van der Waals surface area contributed by atoms with Gasteiger partial charge in [0.1, 0.15) is 5.75 Å². The Hall–Kier alpha value is -2.16. The minimum absolute atomic E-state index is 0.133. The molecule has 3 nitrogen and oxygen atoms in total. The van der Waals surface area contributed by atoms with Crippen LogP contribution < -0.4 is 15.4 Å². The second-order valence-corrected chi connectivity index (χ2v) is 5.46. The van der Waals surface area contributed by atoms with Crippen LogP contribution in [0.1, 0.15) is 26.3 Å². The van der Waals surface area contributed by atoms with Crippen LogP contribution in [0.3, 0.4) is 0 Å². The number of aryl methyl sites for hydroxylation is 1. The molecule has 0 spiro atoms. The first-order valence-corrected chi connectivity index (χ1v) is 7.41. The number of para-hydroxylation sites is 1. The zero-order valence-electron chi connectivity index (χ0n) is 13.3. The van der Waals surface area contributed by atoms with Gasteiger partial charge in [-0.05, 0) is 45.4 Å². The van der Waals surface area contributed by atoms with Gasteiger partial charge >= 0.3 is 0 Å². The third-order valence-corrected chi connectivity index (χ3v) is 3.32. The van der Waals surface area contributed by atoms with Crippen LogP contribution in [0.4, 0.5) is 17.1 Å². The van der Waals surface area contributed by atoms with E-state index < -0.39 is 0 Å². The molecule has 0 aliphatic rings. The fourth-order valence-corrected chi connectivity index (χ4v) is 2.46. The van der Waals surface area contributed by atoms with Crippen molar-refractivity contribution in [2.75, 3.05) is 17.2 Å². The minimum Gasteiger partial charge on any atom is -0.491 e. The van der Waals surface area contributed by atoms with Crippen molar-refractivity contribution in [1.82, 2.24) is 0 Å². The molecule has 0 fully saturated rings. The average molecular weight is 284 g/mol. The van der Waals surface area contributed by atoms with E-state index in [0.717, 1.165) is 23.7 Å². The van der Waals surface area contributed by atoms with Gasteiger partial charge in [-0.1, -0.05) is 18.2 Å². The normalized spacial score (nSPS) is 10.7. The van der Waals surface area contributed by atoms with Gasteiger partial charge in [0.2, 0.25) is 0 Å². The lowest BCUT2D eigenvalue weighted by Crippen LogP contribution is -2.17. The molecule has 0 amide bonds. The molecule has 0 aliphatic carbocycles. The smallest absolute Gasteiger partial charge is 0.123 e. The summed E-state index contributed by atoms with van der Waals surface area (Å²) in [4.78, 5) is 2.25. The molecule has 0 heterocycles. The summed E-state index contributed by atoms with van der Waals surface area (Å²) in [5.41, 5.74) is 10.3. The van der Waals surface area contributed by atoms with E-state index >= 15 is 0 Å². The lowest BCUT2D eigenvalue weighted by molar-refractivity contribution is 0.242. The van der Waals surface area contributed by atoms with Crippen molar-refractivity contribution in [2.24, 2.45) is 0 Å². The van der Waals surface area contributed by atoms with Gasteiger partial charge in [-0.3, -0.25) is 0 Å². The van der Waals surface area contributed by atoms with Gasteiger partial charge in [0.05, 0.1) is 6.10 Å². The number of nitrogen functional groups attached to an aromatic ring is 1. The SMILES string of the molecule is CCN(c1cc(N)cc(OC(C)C)c1)c1ccccc1C. The van der Waals surface area contributed by atoms with Gasteiger partial charge in [0.15, 0.2) is 0 Å². The molecule has 2 aromatic carbocycles. The molecular weight excluding hydrogens is 260 g/mol. The number of anilines is 3. The number of rotatable bonds is 5. The van der Waals surface area contributed by atoms with Crippen molar-refractivity contribution in [3.05, 3.63) is 48.0 Å². The lowest BCUT2D eigenvalue weighted by Gasteiger charge is -2.26. The summed E-state index contributed by atoms with van der Waals surface area (Å²) in [5, 5.41) is 0. The molecule has 0 radical (unpaired) electrons. The third kappa shape index (κ3) is 3.69. The van der Waals surface area contributed by atoms with Crippen LogP contribution in [-0.2, 0) is 0 Å². The van der Waals surface area contributed by atoms with Gasteiger partial charge in [-0.15, -0.1) is 0 Å². The van der Waals surface area contributed by atoms with Gasteiger partial charge in [0, 0.05) is 35.7 Å². The Morgan fingerprint density at radius 1 is 1.14 bits per heavy atom. The molecule has 2 N–H and O–H groups in total. The molecule has 2 aromatic rings. The summed E-state index contributed by atoms with van der Waals surface area (Å²) in [6.07, 6.45) is 0.133. The molecule has 112 valence electrons. The second kappa shape index (κ2) is 6.53. The molecule has 0 atom stereocenters. The van der Waals surface area contributed by atoms with E-state index in [4.69, 9.17) is 10.5 Å². The predicted molar refractivity (Wildman–Crippen MR) is 90.5 cm³/mol. The van der Waals surface area contributed by atoms with Crippen LogP contribution in [0.2, 0.25) is 0 Å². The summed E-state index contributed by atoms with van der Waals surface area (Å²) in [6.45, 7) is 9.16. The molecule has 0 unspecified atom stereocenters. The van der Waals surface area contributed by atoms with Crippen LogP contribution in [-0.4, -0.2) is 12.6 Å². The topological polar surface area (TPSA) is 38.5 Å². The Morgan fingerprint density at radius 3 is 2.48 bits per heavy atom. The van der Waals surface area contributed by atoms with E-state index in [0.29, 0.717) is 0 Å². The largest absolute Gasteiger partial charge is 0.491 e.